The summed E-state index contributed by atoms with van der Waals surface area (Å²) in [6.45, 7) is 4.95. The Bertz CT molecular complexity index is 528. The molecule has 0 radical (unpaired) electrons. The zero-order chi connectivity index (χ0) is 16.8. The van der Waals surface area contributed by atoms with E-state index in [4.69, 9.17) is 10.5 Å². The Balaban J connectivity index is 0.00000288. The summed E-state index contributed by atoms with van der Waals surface area (Å²) in [5.41, 5.74) is 7.36. The van der Waals surface area contributed by atoms with Crippen molar-refractivity contribution in [1.82, 2.24) is 9.80 Å². The molecule has 2 rings (SSSR count). The molecule has 1 aromatic carbocycles. The molecule has 24 heavy (non-hydrogen) atoms. The Kier molecular flexibility index (Phi) is 8.83. The number of piperidine rings is 1. The number of hydrogen-bond donors (Lipinski definition) is 1. The lowest BCUT2D eigenvalue weighted by atomic mass is 10.00. The molecule has 5 nitrogen and oxygen atoms in total. The third-order valence-corrected chi connectivity index (χ3v) is 4.66. The predicted molar refractivity (Wildman–Crippen MR) is 111 cm³/mol. The van der Waals surface area contributed by atoms with Crippen molar-refractivity contribution in [2.75, 3.05) is 40.8 Å². The lowest BCUT2D eigenvalue weighted by Gasteiger charge is -2.31. The maximum absolute atomic E-state index is 6.22. The quantitative estimate of drug-likeness (QED) is 0.430. The lowest BCUT2D eigenvalue weighted by molar-refractivity contribution is 0.273. The number of aliphatic imine (C=N–C) groups is 1. The lowest BCUT2D eigenvalue weighted by Crippen LogP contribution is -2.43. The van der Waals surface area contributed by atoms with Gasteiger partial charge in [0, 0.05) is 18.7 Å². The molecular weight excluding hydrogens is 415 g/mol. The number of guanidine groups is 1. The van der Waals surface area contributed by atoms with Crippen molar-refractivity contribution in [2.45, 2.75) is 25.8 Å². The Morgan fingerprint density at radius 2 is 1.96 bits per heavy atom. The minimum Gasteiger partial charge on any atom is -0.496 e. The fourth-order valence-corrected chi connectivity index (χ4v) is 3.00. The van der Waals surface area contributed by atoms with Crippen LogP contribution in [-0.2, 0) is 0 Å². The smallest absolute Gasteiger partial charge is 0.191 e. The highest BCUT2D eigenvalue weighted by atomic mass is 127. The van der Waals surface area contributed by atoms with Gasteiger partial charge >= 0.3 is 0 Å². The maximum atomic E-state index is 6.22. The van der Waals surface area contributed by atoms with Crippen LogP contribution < -0.4 is 10.5 Å². The number of rotatable bonds is 5. The molecule has 0 saturated carbocycles. The monoisotopic (exact) mass is 446 g/mol. The molecule has 1 atom stereocenters. The van der Waals surface area contributed by atoms with Crippen molar-refractivity contribution >= 4 is 29.9 Å². The van der Waals surface area contributed by atoms with Gasteiger partial charge in [-0.05, 0) is 38.9 Å². The number of hydrogen-bond acceptors (Lipinski definition) is 3. The first-order valence-corrected chi connectivity index (χ1v) is 8.37. The summed E-state index contributed by atoms with van der Waals surface area (Å²) in [5, 5.41) is 0. The molecule has 1 aromatic rings. The summed E-state index contributed by atoms with van der Waals surface area (Å²) in [6, 6.07) is 8.26. The first-order valence-electron chi connectivity index (χ1n) is 8.37. The van der Waals surface area contributed by atoms with Crippen LogP contribution in [0.2, 0.25) is 0 Å². The van der Waals surface area contributed by atoms with Crippen LogP contribution in [0.15, 0.2) is 29.3 Å². The molecule has 6 heteroatoms. The number of ether oxygens (including phenoxy) is 1. The highest BCUT2D eigenvalue weighted by Gasteiger charge is 2.20. The molecule has 0 spiro atoms. The SMILES string of the molecule is COc1ccccc1C(CN=C(N)N1CCC(C)CC1)N(C)C.I. The number of para-hydroxylation sites is 1. The minimum absolute atomic E-state index is 0. The van der Waals surface area contributed by atoms with Crippen molar-refractivity contribution in [3.63, 3.8) is 0 Å². The fourth-order valence-electron chi connectivity index (χ4n) is 3.00. The molecule has 1 unspecified atom stereocenters. The van der Waals surface area contributed by atoms with Crippen LogP contribution in [-0.4, -0.2) is 56.6 Å². The molecule has 1 heterocycles. The van der Waals surface area contributed by atoms with Crippen molar-refractivity contribution in [2.24, 2.45) is 16.6 Å². The molecule has 136 valence electrons. The van der Waals surface area contributed by atoms with Crippen molar-refractivity contribution in [1.29, 1.82) is 0 Å². The molecule has 1 aliphatic rings. The third-order valence-electron chi connectivity index (χ3n) is 4.66. The van der Waals surface area contributed by atoms with Gasteiger partial charge in [-0.25, -0.2) is 0 Å². The number of nitrogens with zero attached hydrogens (tertiary/aromatic N) is 3. The summed E-state index contributed by atoms with van der Waals surface area (Å²) >= 11 is 0. The Hall–Kier alpha value is -1.02. The highest BCUT2D eigenvalue weighted by Crippen LogP contribution is 2.28. The molecule has 1 fully saturated rings. The van der Waals surface area contributed by atoms with Crippen LogP contribution in [0.4, 0.5) is 0 Å². The van der Waals surface area contributed by atoms with Gasteiger partial charge in [-0.3, -0.25) is 4.99 Å². The molecule has 0 amide bonds. The Labute approximate surface area is 163 Å². The van der Waals surface area contributed by atoms with Crippen LogP contribution in [0.5, 0.6) is 5.75 Å². The largest absolute Gasteiger partial charge is 0.496 e. The summed E-state index contributed by atoms with van der Waals surface area (Å²) in [6.07, 6.45) is 2.39. The second-order valence-electron chi connectivity index (χ2n) is 6.59. The van der Waals surface area contributed by atoms with Crippen LogP contribution >= 0.6 is 24.0 Å². The summed E-state index contributed by atoms with van der Waals surface area (Å²) in [5.74, 6) is 2.35. The topological polar surface area (TPSA) is 54.1 Å². The van der Waals surface area contributed by atoms with Gasteiger partial charge in [0.1, 0.15) is 5.75 Å². The molecule has 1 saturated heterocycles. The molecule has 2 N–H and O–H groups in total. The first-order chi connectivity index (χ1) is 11.0. The highest BCUT2D eigenvalue weighted by molar-refractivity contribution is 14.0. The second-order valence-corrected chi connectivity index (χ2v) is 6.59. The second kappa shape index (κ2) is 10.1. The molecular formula is C18H31IN4O. The summed E-state index contributed by atoms with van der Waals surface area (Å²) < 4.78 is 5.49. The predicted octanol–water partition coefficient (Wildman–Crippen LogP) is 2.96. The van der Waals surface area contributed by atoms with Gasteiger partial charge in [-0.1, -0.05) is 25.1 Å². The number of likely N-dealkylation sites (N-methyl/N-ethyl adjacent to an activating group) is 1. The number of methoxy groups -OCH3 is 1. The Morgan fingerprint density at radius 3 is 2.54 bits per heavy atom. The van der Waals surface area contributed by atoms with E-state index in [0.29, 0.717) is 12.5 Å². The van der Waals surface area contributed by atoms with E-state index in [0.717, 1.165) is 30.3 Å². The van der Waals surface area contributed by atoms with Gasteiger partial charge in [0.05, 0.1) is 19.7 Å². The van der Waals surface area contributed by atoms with E-state index < -0.39 is 0 Å². The molecule has 1 aliphatic heterocycles. The average Bonchev–Trinajstić information content (AvgIpc) is 2.55. The van der Waals surface area contributed by atoms with E-state index in [2.05, 4.69) is 41.9 Å². The van der Waals surface area contributed by atoms with Crippen LogP contribution in [0.25, 0.3) is 0 Å². The first kappa shape index (κ1) is 21.0. The molecule has 0 aromatic heterocycles. The molecule has 0 bridgehead atoms. The van der Waals surface area contributed by atoms with Crippen molar-refractivity contribution < 1.29 is 4.74 Å². The number of nitrogens with two attached hydrogens (primary N) is 1. The van der Waals surface area contributed by atoms with Crippen molar-refractivity contribution in [3.8, 4) is 5.75 Å². The van der Waals surface area contributed by atoms with Gasteiger partial charge in [0.15, 0.2) is 5.96 Å². The van der Waals surface area contributed by atoms with Gasteiger partial charge in [0.2, 0.25) is 0 Å². The maximum Gasteiger partial charge on any atom is 0.191 e. The standard InChI is InChI=1S/C18H30N4O.HI/c1-14-9-11-22(12-10-14)18(19)20-13-16(21(2)3)15-7-5-6-8-17(15)23-4;/h5-8,14,16H,9-13H2,1-4H3,(H2,19,20);1H. The zero-order valence-corrected chi connectivity index (χ0v) is 17.6. The third kappa shape index (κ3) is 5.51. The van der Waals surface area contributed by atoms with Gasteiger partial charge < -0.3 is 20.3 Å². The summed E-state index contributed by atoms with van der Waals surface area (Å²) in [7, 11) is 5.83. The Morgan fingerprint density at radius 1 is 1.33 bits per heavy atom. The minimum atomic E-state index is 0. The van der Waals surface area contributed by atoms with Gasteiger partial charge in [-0.2, -0.15) is 0 Å². The van der Waals surface area contributed by atoms with E-state index in [1.165, 1.54) is 12.8 Å². The number of halogens is 1. The van der Waals surface area contributed by atoms with E-state index in [-0.39, 0.29) is 30.0 Å². The fraction of sp³-hybridized carbons (Fsp3) is 0.611. The normalized spacial score (nSPS) is 17.5. The van der Waals surface area contributed by atoms with E-state index in [1.807, 2.05) is 18.2 Å². The van der Waals surface area contributed by atoms with E-state index in [9.17, 15) is 0 Å². The van der Waals surface area contributed by atoms with Gasteiger partial charge in [-0.15, -0.1) is 24.0 Å². The average molecular weight is 446 g/mol. The molecule has 0 aliphatic carbocycles. The number of benzene rings is 1. The summed E-state index contributed by atoms with van der Waals surface area (Å²) in [4.78, 5) is 9.03. The zero-order valence-electron chi connectivity index (χ0n) is 15.2. The van der Waals surface area contributed by atoms with Crippen LogP contribution in [0, 0.1) is 5.92 Å². The number of likely N-dealkylation sites (tertiary alicyclic amines) is 1. The van der Waals surface area contributed by atoms with Crippen LogP contribution in [0.1, 0.15) is 31.4 Å². The van der Waals surface area contributed by atoms with Gasteiger partial charge in [0.25, 0.3) is 0 Å². The van der Waals surface area contributed by atoms with Crippen LogP contribution in [0.3, 0.4) is 0 Å². The van der Waals surface area contributed by atoms with E-state index >= 15 is 0 Å². The van der Waals surface area contributed by atoms with Crippen molar-refractivity contribution in [3.05, 3.63) is 29.8 Å². The van der Waals surface area contributed by atoms with E-state index in [1.54, 1.807) is 7.11 Å².